The second-order valence-corrected chi connectivity index (χ2v) is 8.39. The van der Waals surface area contributed by atoms with Gasteiger partial charge in [-0.2, -0.15) is 0 Å². The Balaban J connectivity index is 0.000000344. The minimum atomic E-state index is -0.157. The van der Waals surface area contributed by atoms with Crippen LogP contribution in [0.25, 0.3) is 17.2 Å². The van der Waals surface area contributed by atoms with Gasteiger partial charge in [-0.05, 0) is 83.4 Å². The molecule has 0 aromatic heterocycles. The number of benzene rings is 2. The summed E-state index contributed by atoms with van der Waals surface area (Å²) < 4.78 is 23.5. The Labute approximate surface area is 196 Å². The highest BCUT2D eigenvalue weighted by Gasteiger charge is 2.23. The SMILES string of the molecule is CCCC1=C(C)/C(=C/c2ccc(SC)cc2)c2ccc(F)cc21.CN=CC(COC)OC. The van der Waals surface area contributed by atoms with Crippen LogP contribution in [-0.2, 0) is 9.47 Å². The predicted molar refractivity (Wildman–Crippen MR) is 137 cm³/mol. The minimum absolute atomic E-state index is 0.000000000000000444. The number of methoxy groups -OCH3 is 2. The standard InChI is InChI=1S/C21H21FS.C6H13NO2/c1-4-5-18-14(2)20(19-11-8-16(22)13-21(18)19)12-15-6-9-17(23-3)10-7-15;1-7-4-6(9-3)5-8-2/h6-13H,4-5H2,1-3H3;4,6H,5H2,1-3H3/b20-12-;. The van der Waals surface area contributed by atoms with Crippen LogP contribution >= 0.6 is 11.8 Å². The Kier molecular flexibility index (Phi) is 10.9. The number of allylic oxidation sites excluding steroid dienone is 3. The smallest absolute Gasteiger partial charge is 0.123 e. The molecule has 5 heteroatoms. The lowest BCUT2D eigenvalue weighted by atomic mass is 10.0. The first-order valence-corrected chi connectivity index (χ1v) is 12.0. The van der Waals surface area contributed by atoms with Gasteiger partial charge in [0.05, 0.1) is 6.61 Å². The molecule has 0 N–H and O–H groups in total. The highest BCUT2D eigenvalue weighted by Crippen LogP contribution is 2.44. The fourth-order valence-electron chi connectivity index (χ4n) is 3.70. The molecule has 0 bridgehead atoms. The molecule has 3 rings (SSSR count). The van der Waals surface area contributed by atoms with E-state index in [-0.39, 0.29) is 11.9 Å². The molecular formula is C27H34FNO2S. The second kappa shape index (κ2) is 13.4. The van der Waals surface area contributed by atoms with Gasteiger partial charge in [-0.3, -0.25) is 4.99 Å². The summed E-state index contributed by atoms with van der Waals surface area (Å²) in [4.78, 5) is 5.06. The molecule has 2 aromatic rings. The largest absolute Gasteiger partial charge is 0.382 e. The molecule has 0 spiro atoms. The third kappa shape index (κ3) is 6.89. The van der Waals surface area contributed by atoms with E-state index in [1.807, 2.05) is 6.07 Å². The number of aliphatic imine (C=N–C) groups is 1. The molecule has 0 heterocycles. The number of hydrogen-bond donors (Lipinski definition) is 0. The summed E-state index contributed by atoms with van der Waals surface area (Å²) in [6.07, 6.45) is 8.07. The van der Waals surface area contributed by atoms with Gasteiger partial charge in [0.1, 0.15) is 11.9 Å². The van der Waals surface area contributed by atoms with Crippen molar-refractivity contribution in [2.75, 3.05) is 34.1 Å². The minimum Gasteiger partial charge on any atom is -0.382 e. The van der Waals surface area contributed by atoms with Crippen LogP contribution in [0.2, 0.25) is 0 Å². The number of rotatable bonds is 8. The zero-order valence-electron chi connectivity index (χ0n) is 19.9. The maximum atomic E-state index is 13.7. The van der Waals surface area contributed by atoms with Crippen LogP contribution < -0.4 is 0 Å². The van der Waals surface area contributed by atoms with E-state index < -0.39 is 0 Å². The summed E-state index contributed by atoms with van der Waals surface area (Å²) in [6.45, 7) is 4.89. The monoisotopic (exact) mass is 455 g/mol. The Morgan fingerprint density at radius 1 is 1.09 bits per heavy atom. The van der Waals surface area contributed by atoms with Crippen LogP contribution in [0.15, 0.2) is 57.9 Å². The van der Waals surface area contributed by atoms with Gasteiger partial charge in [-0.15, -0.1) is 11.8 Å². The summed E-state index contributed by atoms with van der Waals surface area (Å²) in [5.41, 5.74) is 7.19. The van der Waals surface area contributed by atoms with E-state index in [0.717, 1.165) is 24.0 Å². The van der Waals surface area contributed by atoms with Gasteiger partial charge in [-0.25, -0.2) is 4.39 Å². The Hall–Kier alpha value is -2.21. The fourth-order valence-corrected chi connectivity index (χ4v) is 4.10. The van der Waals surface area contributed by atoms with Gasteiger partial charge in [0, 0.05) is 32.4 Å². The number of fused-ring (bicyclic) bond motifs is 1. The van der Waals surface area contributed by atoms with Crippen LogP contribution in [-0.4, -0.2) is 46.4 Å². The molecule has 1 unspecified atom stereocenters. The average Bonchev–Trinajstić information content (AvgIpc) is 3.05. The average molecular weight is 456 g/mol. The van der Waals surface area contributed by atoms with E-state index in [1.165, 1.54) is 27.2 Å². The normalized spacial score (nSPS) is 15.2. The fraction of sp³-hybridized carbons (Fsp3) is 0.370. The van der Waals surface area contributed by atoms with Crippen molar-refractivity contribution in [3.8, 4) is 0 Å². The van der Waals surface area contributed by atoms with E-state index >= 15 is 0 Å². The van der Waals surface area contributed by atoms with Crippen molar-refractivity contribution in [3.05, 3.63) is 70.5 Å². The lowest BCUT2D eigenvalue weighted by Gasteiger charge is -2.06. The van der Waals surface area contributed by atoms with Crippen molar-refractivity contribution >= 4 is 35.2 Å². The molecule has 1 aliphatic carbocycles. The third-order valence-corrected chi connectivity index (χ3v) is 6.07. The van der Waals surface area contributed by atoms with Crippen LogP contribution in [0.5, 0.6) is 0 Å². The summed E-state index contributed by atoms with van der Waals surface area (Å²) in [5.74, 6) is -0.157. The molecule has 0 saturated carbocycles. The molecule has 32 heavy (non-hydrogen) atoms. The molecule has 0 aliphatic heterocycles. The van der Waals surface area contributed by atoms with Crippen molar-refractivity contribution in [3.63, 3.8) is 0 Å². The highest BCUT2D eigenvalue weighted by molar-refractivity contribution is 7.98. The van der Waals surface area contributed by atoms with E-state index in [1.54, 1.807) is 51.4 Å². The molecule has 0 amide bonds. The van der Waals surface area contributed by atoms with E-state index in [0.29, 0.717) is 6.61 Å². The van der Waals surface area contributed by atoms with E-state index in [9.17, 15) is 4.39 Å². The molecule has 0 saturated heterocycles. The summed E-state index contributed by atoms with van der Waals surface area (Å²) >= 11 is 1.75. The summed E-state index contributed by atoms with van der Waals surface area (Å²) in [7, 11) is 4.97. The first kappa shape index (κ1) is 26.0. The van der Waals surface area contributed by atoms with Gasteiger partial charge in [0.15, 0.2) is 0 Å². The molecule has 2 aromatic carbocycles. The molecule has 172 valence electrons. The molecule has 0 radical (unpaired) electrons. The lowest BCUT2D eigenvalue weighted by Crippen LogP contribution is -2.18. The highest BCUT2D eigenvalue weighted by atomic mass is 32.2. The van der Waals surface area contributed by atoms with Crippen molar-refractivity contribution < 1.29 is 13.9 Å². The molecule has 3 nitrogen and oxygen atoms in total. The van der Waals surface area contributed by atoms with Crippen LogP contribution in [0.4, 0.5) is 4.39 Å². The zero-order chi connectivity index (χ0) is 23.5. The topological polar surface area (TPSA) is 30.8 Å². The van der Waals surface area contributed by atoms with Crippen molar-refractivity contribution in [1.29, 1.82) is 0 Å². The number of nitrogens with zero attached hydrogens (tertiary/aromatic N) is 1. The number of thioether (sulfide) groups is 1. The van der Waals surface area contributed by atoms with Crippen LogP contribution in [0.1, 0.15) is 43.4 Å². The Bertz CT molecular complexity index is 964. The second-order valence-electron chi connectivity index (χ2n) is 7.51. The predicted octanol–water partition coefficient (Wildman–Crippen LogP) is 7.02. The molecule has 1 aliphatic rings. The number of hydrogen-bond acceptors (Lipinski definition) is 4. The lowest BCUT2D eigenvalue weighted by molar-refractivity contribution is 0.0710. The maximum Gasteiger partial charge on any atom is 0.123 e. The Morgan fingerprint density at radius 2 is 1.81 bits per heavy atom. The van der Waals surface area contributed by atoms with E-state index in [2.05, 4.69) is 55.4 Å². The molecule has 1 atom stereocenters. The molecular weight excluding hydrogens is 421 g/mol. The first-order valence-electron chi connectivity index (χ1n) is 10.8. The summed E-state index contributed by atoms with van der Waals surface area (Å²) in [5, 5.41) is 0. The third-order valence-electron chi connectivity index (χ3n) is 5.33. The number of ether oxygens (including phenoxy) is 2. The quantitative estimate of drug-likeness (QED) is 0.316. The van der Waals surface area contributed by atoms with Gasteiger partial charge in [0.25, 0.3) is 0 Å². The van der Waals surface area contributed by atoms with Gasteiger partial charge in [-0.1, -0.05) is 31.5 Å². The van der Waals surface area contributed by atoms with Crippen LogP contribution in [0.3, 0.4) is 0 Å². The van der Waals surface area contributed by atoms with Crippen molar-refractivity contribution in [2.45, 2.75) is 37.7 Å². The molecule has 0 fully saturated rings. The van der Waals surface area contributed by atoms with Crippen LogP contribution in [0, 0.1) is 5.82 Å². The van der Waals surface area contributed by atoms with Gasteiger partial charge < -0.3 is 9.47 Å². The van der Waals surface area contributed by atoms with Gasteiger partial charge >= 0.3 is 0 Å². The number of halogens is 1. The van der Waals surface area contributed by atoms with Gasteiger partial charge in [0.2, 0.25) is 0 Å². The van der Waals surface area contributed by atoms with Crippen molar-refractivity contribution in [1.82, 2.24) is 0 Å². The van der Waals surface area contributed by atoms with Crippen molar-refractivity contribution in [2.24, 2.45) is 4.99 Å². The maximum absolute atomic E-state index is 13.7. The summed E-state index contributed by atoms with van der Waals surface area (Å²) in [6, 6.07) is 13.7. The Morgan fingerprint density at radius 3 is 2.38 bits per heavy atom. The first-order chi connectivity index (χ1) is 15.5. The van der Waals surface area contributed by atoms with E-state index in [4.69, 9.17) is 9.47 Å². The zero-order valence-corrected chi connectivity index (χ0v) is 20.8.